The number of carboxylic acid groups (broad SMARTS) is 1. The molecule has 0 atom stereocenters. The highest BCUT2D eigenvalue weighted by molar-refractivity contribution is 5.68. The fourth-order valence-electron chi connectivity index (χ4n) is 2.91. The second-order valence-corrected chi connectivity index (χ2v) is 7.57. The third-order valence-corrected chi connectivity index (χ3v) is 4.62. The third-order valence-electron chi connectivity index (χ3n) is 4.62. The molecule has 174 valence electrons. The SMILES string of the molecule is CCCCCCCC/C=C\CCCCCCCCCNCC(O)O.NCC(=O)O. The van der Waals surface area contributed by atoms with Gasteiger partial charge in [0.15, 0.2) is 6.29 Å². The lowest BCUT2D eigenvalue weighted by Gasteiger charge is -2.05. The number of aliphatic hydroxyl groups excluding tert-OH is 1. The van der Waals surface area contributed by atoms with Crippen molar-refractivity contribution in [3.63, 3.8) is 0 Å². The Morgan fingerprint density at radius 3 is 1.66 bits per heavy atom. The quantitative estimate of drug-likeness (QED) is 0.114. The zero-order valence-corrected chi connectivity index (χ0v) is 18.8. The first-order chi connectivity index (χ1) is 14.0. The number of carbonyl (C=O) groups is 1. The molecule has 0 aliphatic heterocycles. The number of hydrogen-bond donors (Lipinski definition) is 5. The van der Waals surface area contributed by atoms with Crippen LogP contribution in [0, 0.1) is 0 Å². The van der Waals surface area contributed by atoms with Crippen LogP contribution in [0.5, 0.6) is 0 Å². The molecule has 0 heterocycles. The van der Waals surface area contributed by atoms with Crippen molar-refractivity contribution in [1.29, 1.82) is 0 Å². The molecule has 0 aromatic heterocycles. The first kappa shape index (κ1) is 30.2. The van der Waals surface area contributed by atoms with Gasteiger partial charge in [-0.2, -0.15) is 0 Å². The molecule has 0 spiro atoms. The molecule has 0 rings (SSSR count). The Balaban J connectivity index is 0. The number of nitrogens with one attached hydrogen (secondary N) is 1. The maximum atomic E-state index is 9.24. The summed E-state index contributed by atoms with van der Waals surface area (Å²) in [5.41, 5.74) is 4.57. The van der Waals surface area contributed by atoms with Crippen molar-refractivity contribution in [2.75, 3.05) is 19.6 Å². The third kappa shape index (κ3) is 34.9. The van der Waals surface area contributed by atoms with Crippen molar-refractivity contribution in [3.05, 3.63) is 12.2 Å². The van der Waals surface area contributed by atoms with E-state index in [9.17, 15) is 4.79 Å². The molecule has 0 aliphatic rings. The van der Waals surface area contributed by atoms with E-state index in [0.717, 1.165) is 13.0 Å². The van der Waals surface area contributed by atoms with Crippen LogP contribution in [-0.2, 0) is 4.79 Å². The lowest BCUT2D eigenvalue weighted by atomic mass is 10.1. The van der Waals surface area contributed by atoms with E-state index in [1.165, 1.54) is 89.9 Å². The number of allylic oxidation sites excluding steroid dienone is 2. The molecule has 6 N–H and O–H groups in total. The number of hydrogen-bond acceptors (Lipinski definition) is 5. The maximum Gasteiger partial charge on any atom is 0.317 e. The summed E-state index contributed by atoms with van der Waals surface area (Å²) in [5, 5.41) is 28.0. The van der Waals surface area contributed by atoms with E-state index in [2.05, 4.69) is 30.1 Å². The minimum atomic E-state index is -1.22. The van der Waals surface area contributed by atoms with E-state index < -0.39 is 12.3 Å². The first-order valence-corrected chi connectivity index (χ1v) is 11.7. The van der Waals surface area contributed by atoms with E-state index in [-0.39, 0.29) is 13.1 Å². The number of carboxylic acids is 1. The fraction of sp³-hybridized carbons (Fsp3) is 0.870. The highest BCUT2D eigenvalue weighted by atomic mass is 16.5. The van der Waals surface area contributed by atoms with E-state index in [0.29, 0.717) is 0 Å². The van der Waals surface area contributed by atoms with Gasteiger partial charge in [0.05, 0.1) is 6.54 Å². The zero-order chi connectivity index (χ0) is 22.0. The molecule has 0 aliphatic carbocycles. The van der Waals surface area contributed by atoms with Gasteiger partial charge in [-0.25, -0.2) is 0 Å². The highest BCUT2D eigenvalue weighted by Gasteiger charge is 1.95. The average Bonchev–Trinajstić information content (AvgIpc) is 2.70. The average molecular weight is 417 g/mol. The Hall–Kier alpha value is -0.950. The van der Waals surface area contributed by atoms with Crippen LogP contribution >= 0.6 is 0 Å². The maximum absolute atomic E-state index is 9.24. The molecule has 0 radical (unpaired) electrons. The number of unbranched alkanes of at least 4 members (excludes halogenated alkanes) is 13. The Morgan fingerprint density at radius 2 is 1.24 bits per heavy atom. The van der Waals surface area contributed by atoms with Crippen LogP contribution in [-0.4, -0.2) is 47.2 Å². The van der Waals surface area contributed by atoms with E-state index in [1.807, 2.05) is 0 Å². The second-order valence-electron chi connectivity index (χ2n) is 7.57. The van der Waals surface area contributed by atoms with Crippen molar-refractivity contribution >= 4 is 5.97 Å². The summed E-state index contributed by atoms with van der Waals surface area (Å²) in [7, 11) is 0. The number of aliphatic carboxylic acids is 1. The van der Waals surface area contributed by atoms with Crippen molar-refractivity contribution in [1.82, 2.24) is 5.32 Å². The normalized spacial score (nSPS) is 11.1. The van der Waals surface area contributed by atoms with Crippen LogP contribution in [0.3, 0.4) is 0 Å². The van der Waals surface area contributed by atoms with Crippen LogP contribution in [0.15, 0.2) is 12.2 Å². The molecule has 0 bridgehead atoms. The van der Waals surface area contributed by atoms with Crippen LogP contribution in [0.25, 0.3) is 0 Å². The lowest BCUT2D eigenvalue weighted by Crippen LogP contribution is -2.26. The molecule has 6 nitrogen and oxygen atoms in total. The van der Waals surface area contributed by atoms with Gasteiger partial charge in [0.25, 0.3) is 0 Å². The summed E-state index contributed by atoms with van der Waals surface area (Å²) < 4.78 is 0. The zero-order valence-electron chi connectivity index (χ0n) is 18.8. The van der Waals surface area contributed by atoms with Crippen LogP contribution in [0.1, 0.15) is 103 Å². The molecule has 0 fully saturated rings. The minimum absolute atomic E-state index is 0.278. The van der Waals surface area contributed by atoms with Gasteiger partial charge in [-0.1, -0.05) is 83.3 Å². The van der Waals surface area contributed by atoms with E-state index in [1.54, 1.807) is 0 Å². The second kappa shape index (κ2) is 27.0. The van der Waals surface area contributed by atoms with Gasteiger partial charge >= 0.3 is 5.97 Å². The first-order valence-electron chi connectivity index (χ1n) is 11.7. The number of nitrogens with two attached hydrogens (primary N) is 1. The van der Waals surface area contributed by atoms with Crippen molar-refractivity contribution in [2.24, 2.45) is 5.73 Å². The van der Waals surface area contributed by atoms with E-state index >= 15 is 0 Å². The Morgan fingerprint density at radius 1 is 0.828 bits per heavy atom. The highest BCUT2D eigenvalue weighted by Crippen LogP contribution is 2.10. The van der Waals surface area contributed by atoms with Gasteiger partial charge in [-0.3, -0.25) is 4.79 Å². The lowest BCUT2D eigenvalue weighted by molar-refractivity contribution is -0.135. The van der Waals surface area contributed by atoms with Gasteiger partial charge in [-0.05, 0) is 38.6 Å². The molecule has 29 heavy (non-hydrogen) atoms. The monoisotopic (exact) mass is 416 g/mol. The molecule has 0 saturated carbocycles. The molecule has 6 heteroatoms. The fourth-order valence-corrected chi connectivity index (χ4v) is 2.91. The van der Waals surface area contributed by atoms with Gasteiger partial charge in [0.2, 0.25) is 0 Å². The molecule has 0 aromatic carbocycles. The number of rotatable bonds is 20. The topological polar surface area (TPSA) is 116 Å². The standard InChI is InChI=1S/C21H43NO2.C2H5NO2/c1-2-3-4-5-6-7-8-9-10-11-12-13-14-15-16-17-18-19-22-20-21(23)24;3-1-2(4)5/h9-10,21-24H,2-8,11-20H2,1H3;1,3H2,(H,4,5)/b10-9-;. The Kier molecular flexibility index (Phi) is 28.2. The Labute approximate surface area is 179 Å². The van der Waals surface area contributed by atoms with Gasteiger partial charge < -0.3 is 26.4 Å². The summed E-state index contributed by atoms with van der Waals surface area (Å²) in [6.07, 6.45) is 23.5. The van der Waals surface area contributed by atoms with Crippen molar-refractivity contribution in [3.8, 4) is 0 Å². The van der Waals surface area contributed by atoms with Crippen LogP contribution in [0.4, 0.5) is 0 Å². The Bertz CT molecular complexity index is 350. The molecule has 0 aromatic rings. The summed E-state index contributed by atoms with van der Waals surface area (Å²) >= 11 is 0. The molecular formula is C23H48N2O4. The van der Waals surface area contributed by atoms with Gasteiger partial charge in [0.1, 0.15) is 0 Å². The van der Waals surface area contributed by atoms with Crippen molar-refractivity contribution < 1.29 is 20.1 Å². The summed E-state index contributed by atoms with van der Waals surface area (Å²) in [6, 6.07) is 0. The summed E-state index contributed by atoms with van der Waals surface area (Å²) in [4.78, 5) is 9.24. The largest absolute Gasteiger partial charge is 0.480 e. The molecule has 0 unspecified atom stereocenters. The van der Waals surface area contributed by atoms with Crippen LogP contribution < -0.4 is 11.1 Å². The predicted octanol–water partition coefficient (Wildman–Crippen LogP) is 4.34. The molecular weight excluding hydrogens is 368 g/mol. The molecule has 0 saturated heterocycles. The van der Waals surface area contributed by atoms with Gasteiger partial charge in [0, 0.05) is 6.54 Å². The smallest absolute Gasteiger partial charge is 0.317 e. The summed E-state index contributed by atoms with van der Waals surface area (Å²) in [5.74, 6) is -0.968. The van der Waals surface area contributed by atoms with Crippen molar-refractivity contribution in [2.45, 2.75) is 110 Å². The summed E-state index contributed by atoms with van der Waals surface area (Å²) in [6.45, 7) is 3.17. The van der Waals surface area contributed by atoms with E-state index in [4.69, 9.17) is 15.3 Å². The van der Waals surface area contributed by atoms with Gasteiger partial charge in [-0.15, -0.1) is 0 Å². The van der Waals surface area contributed by atoms with Crippen LogP contribution in [0.2, 0.25) is 0 Å². The minimum Gasteiger partial charge on any atom is -0.480 e. The predicted molar refractivity (Wildman–Crippen MR) is 122 cm³/mol. The number of aliphatic hydroxyl groups is 2. The molecule has 0 amide bonds.